The van der Waals surface area contributed by atoms with E-state index in [9.17, 15) is 13.2 Å². The number of fused-ring (bicyclic) bond motifs is 1. The number of pyridine rings is 1. The second-order valence-electron chi connectivity index (χ2n) is 7.22. The van der Waals surface area contributed by atoms with Crippen LogP contribution >= 0.6 is 0 Å². The molecule has 13 heteroatoms. The Hall–Kier alpha value is -4.94. The monoisotopic (exact) mass is 497 g/mol. The van der Waals surface area contributed by atoms with Crippen molar-refractivity contribution in [3.05, 3.63) is 79.4 Å². The smallest absolute Gasteiger partial charge is 0.475 e. The lowest BCUT2D eigenvalue weighted by atomic mass is 10.2. The third-order valence-electron chi connectivity index (χ3n) is 4.61. The molecule has 0 radical (unpaired) electrons. The van der Waals surface area contributed by atoms with Crippen LogP contribution in [0.4, 0.5) is 24.9 Å². The van der Waals surface area contributed by atoms with Crippen LogP contribution in [-0.4, -0.2) is 46.6 Å². The van der Waals surface area contributed by atoms with Gasteiger partial charge in [0.05, 0.1) is 5.52 Å². The molecule has 0 amide bonds. The van der Waals surface area contributed by atoms with Gasteiger partial charge < -0.3 is 19.7 Å². The molecule has 4 aromatic heterocycles. The minimum Gasteiger partial charge on any atom is -0.475 e. The second-order valence-corrected chi connectivity index (χ2v) is 7.22. The molecular formula is C23H18F3N7O3. The number of halogens is 3. The number of hydrogen-bond donors (Lipinski definition) is 2. The minimum absolute atomic E-state index is 0.420. The number of nitrogens with one attached hydrogen (secondary N) is 1. The first-order valence-electron chi connectivity index (χ1n) is 10.3. The van der Waals surface area contributed by atoms with Gasteiger partial charge in [0.2, 0.25) is 11.8 Å². The molecule has 36 heavy (non-hydrogen) atoms. The maximum atomic E-state index is 10.6. The summed E-state index contributed by atoms with van der Waals surface area (Å²) in [6.45, 7) is 0. The highest BCUT2D eigenvalue weighted by molar-refractivity contribution is 5.83. The van der Waals surface area contributed by atoms with E-state index in [0.29, 0.717) is 23.4 Å². The molecular weight excluding hydrogens is 479 g/mol. The largest absolute Gasteiger partial charge is 0.490 e. The number of anilines is 2. The van der Waals surface area contributed by atoms with Crippen molar-refractivity contribution in [2.75, 3.05) is 5.32 Å². The standard InChI is InChI=1S/C21H17N7O.C2HF3O2/c1-27-12-9-18(26-27)24-21-23-11-7-20(25-21)29-16-5-6-17-15(14-16)8-13-28(17)19-4-2-3-10-22-19;3-2(4,5)1(6)7/h2-14H,1H3,(H,23,24,25,26);(H,6,7). The van der Waals surface area contributed by atoms with Crippen molar-refractivity contribution in [2.24, 2.45) is 7.05 Å². The van der Waals surface area contributed by atoms with Crippen molar-refractivity contribution in [3.8, 4) is 17.4 Å². The molecule has 0 aliphatic heterocycles. The molecule has 0 aliphatic carbocycles. The number of carboxylic acid groups (broad SMARTS) is 1. The van der Waals surface area contributed by atoms with E-state index in [1.54, 1.807) is 23.1 Å². The molecule has 2 N–H and O–H groups in total. The predicted octanol–water partition coefficient (Wildman–Crippen LogP) is 4.72. The molecule has 0 unspecified atom stereocenters. The molecule has 10 nitrogen and oxygen atoms in total. The molecule has 1 aromatic carbocycles. The van der Waals surface area contributed by atoms with Crippen molar-refractivity contribution in [1.29, 1.82) is 0 Å². The fourth-order valence-electron chi connectivity index (χ4n) is 3.06. The quantitative estimate of drug-likeness (QED) is 0.358. The SMILES string of the molecule is Cn1ccc(Nc2nccc(Oc3ccc4c(ccn4-c4ccccn4)c3)n2)n1.O=C(O)C(F)(F)F. The minimum atomic E-state index is -5.08. The van der Waals surface area contributed by atoms with Crippen molar-refractivity contribution in [2.45, 2.75) is 6.18 Å². The lowest BCUT2D eigenvalue weighted by Crippen LogP contribution is -2.21. The van der Waals surface area contributed by atoms with E-state index < -0.39 is 12.1 Å². The Bertz CT molecular complexity index is 1480. The number of aryl methyl sites for hydroxylation is 1. The highest BCUT2D eigenvalue weighted by Gasteiger charge is 2.38. The van der Waals surface area contributed by atoms with Gasteiger partial charge in [-0.15, -0.1) is 0 Å². The van der Waals surface area contributed by atoms with Gasteiger partial charge in [-0.2, -0.15) is 23.3 Å². The number of nitrogens with zero attached hydrogens (tertiary/aromatic N) is 6. The fraction of sp³-hybridized carbons (Fsp3) is 0.0870. The van der Waals surface area contributed by atoms with Gasteiger partial charge >= 0.3 is 12.1 Å². The summed E-state index contributed by atoms with van der Waals surface area (Å²) in [6.07, 6.45) is 2.18. The normalized spacial score (nSPS) is 11.0. The van der Waals surface area contributed by atoms with E-state index in [1.807, 2.05) is 72.5 Å². The first-order valence-corrected chi connectivity index (χ1v) is 10.3. The molecule has 0 bridgehead atoms. The van der Waals surface area contributed by atoms with Crippen LogP contribution in [-0.2, 0) is 11.8 Å². The van der Waals surface area contributed by atoms with Gasteiger partial charge in [0.15, 0.2) is 5.82 Å². The van der Waals surface area contributed by atoms with Crippen LogP contribution in [0.5, 0.6) is 11.6 Å². The number of rotatable bonds is 5. The maximum Gasteiger partial charge on any atom is 0.490 e. The highest BCUT2D eigenvalue weighted by atomic mass is 19.4. The summed E-state index contributed by atoms with van der Waals surface area (Å²) in [5, 5.41) is 15.5. The van der Waals surface area contributed by atoms with Crippen LogP contribution in [0.25, 0.3) is 16.7 Å². The van der Waals surface area contributed by atoms with Crippen LogP contribution in [0.2, 0.25) is 0 Å². The summed E-state index contributed by atoms with van der Waals surface area (Å²) in [7, 11) is 1.85. The van der Waals surface area contributed by atoms with Crippen LogP contribution in [0.15, 0.2) is 79.4 Å². The Kier molecular flexibility index (Phi) is 6.81. The Balaban J connectivity index is 0.000000384. The van der Waals surface area contributed by atoms with E-state index in [0.717, 1.165) is 16.7 Å². The third kappa shape index (κ3) is 5.94. The summed E-state index contributed by atoms with van der Waals surface area (Å²) in [4.78, 5) is 21.9. The summed E-state index contributed by atoms with van der Waals surface area (Å²) in [5.74, 6) is 0.343. The number of carbonyl (C=O) groups is 1. The van der Waals surface area contributed by atoms with Crippen molar-refractivity contribution < 1.29 is 27.8 Å². The lowest BCUT2D eigenvalue weighted by Gasteiger charge is -2.08. The van der Waals surface area contributed by atoms with Crippen LogP contribution in [0.3, 0.4) is 0 Å². The van der Waals surface area contributed by atoms with Gasteiger partial charge in [0.1, 0.15) is 11.6 Å². The van der Waals surface area contributed by atoms with E-state index in [2.05, 4.69) is 25.4 Å². The first kappa shape index (κ1) is 24.2. The first-order chi connectivity index (χ1) is 17.2. The topological polar surface area (TPSA) is 120 Å². The highest BCUT2D eigenvalue weighted by Crippen LogP contribution is 2.27. The molecule has 0 spiro atoms. The molecule has 184 valence electrons. The molecule has 0 saturated heterocycles. The van der Waals surface area contributed by atoms with Crippen LogP contribution in [0, 0.1) is 0 Å². The van der Waals surface area contributed by atoms with E-state index in [1.165, 1.54) is 0 Å². The lowest BCUT2D eigenvalue weighted by molar-refractivity contribution is -0.192. The Labute approximate surface area is 201 Å². The molecule has 5 aromatic rings. The van der Waals surface area contributed by atoms with Gasteiger partial charge in [-0.05, 0) is 36.4 Å². The van der Waals surface area contributed by atoms with Gasteiger partial charge in [-0.1, -0.05) is 6.07 Å². The zero-order valence-electron chi connectivity index (χ0n) is 18.6. The Morgan fingerprint density at radius 1 is 1.03 bits per heavy atom. The third-order valence-corrected chi connectivity index (χ3v) is 4.61. The molecule has 0 fully saturated rings. The summed E-state index contributed by atoms with van der Waals surface area (Å²) in [6, 6.07) is 17.3. The number of alkyl halides is 3. The number of hydrogen-bond acceptors (Lipinski definition) is 7. The number of aliphatic carboxylic acids is 1. The molecule has 5 rings (SSSR count). The van der Waals surface area contributed by atoms with E-state index in [-0.39, 0.29) is 0 Å². The molecule has 0 saturated carbocycles. The van der Waals surface area contributed by atoms with Gasteiger partial charge in [-0.3, -0.25) is 4.68 Å². The summed E-state index contributed by atoms with van der Waals surface area (Å²) in [5.41, 5.74) is 1.05. The van der Waals surface area contributed by atoms with Crippen LogP contribution in [0.1, 0.15) is 0 Å². The van der Waals surface area contributed by atoms with Gasteiger partial charge in [-0.25, -0.2) is 14.8 Å². The van der Waals surface area contributed by atoms with Gasteiger partial charge in [0.25, 0.3) is 0 Å². The zero-order chi connectivity index (χ0) is 25.7. The fourth-order valence-corrected chi connectivity index (χ4v) is 3.06. The Morgan fingerprint density at radius 3 is 2.50 bits per heavy atom. The zero-order valence-corrected chi connectivity index (χ0v) is 18.6. The molecule has 4 heterocycles. The molecule has 0 aliphatic rings. The van der Waals surface area contributed by atoms with E-state index in [4.69, 9.17) is 14.6 Å². The number of ether oxygens (including phenoxy) is 1. The van der Waals surface area contributed by atoms with Crippen molar-refractivity contribution in [1.82, 2.24) is 29.3 Å². The average Bonchev–Trinajstić information content (AvgIpc) is 3.45. The summed E-state index contributed by atoms with van der Waals surface area (Å²) >= 11 is 0. The number of aromatic nitrogens is 6. The Morgan fingerprint density at radius 2 is 1.83 bits per heavy atom. The van der Waals surface area contributed by atoms with Crippen LogP contribution < -0.4 is 10.1 Å². The molecule has 0 atom stereocenters. The maximum absolute atomic E-state index is 10.6. The van der Waals surface area contributed by atoms with Gasteiger partial charge in [0, 0.05) is 49.4 Å². The number of benzene rings is 1. The van der Waals surface area contributed by atoms with Crippen molar-refractivity contribution in [3.63, 3.8) is 0 Å². The average molecular weight is 497 g/mol. The van der Waals surface area contributed by atoms with E-state index >= 15 is 0 Å². The number of carboxylic acids is 1. The second kappa shape index (κ2) is 10.1. The van der Waals surface area contributed by atoms with Crippen molar-refractivity contribution >= 4 is 28.6 Å². The predicted molar refractivity (Wildman–Crippen MR) is 123 cm³/mol. The summed E-state index contributed by atoms with van der Waals surface area (Å²) < 4.78 is 41.4.